The molecule has 34 heavy (non-hydrogen) atoms. The van der Waals surface area contributed by atoms with Crippen molar-refractivity contribution in [3.8, 4) is 0 Å². The van der Waals surface area contributed by atoms with Crippen LogP contribution in [0.4, 0.5) is 0 Å². The number of carbonyl (C=O) groups is 3. The fourth-order valence-electron chi connectivity index (χ4n) is 4.86. The molecule has 0 aromatic heterocycles. The van der Waals surface area contributed by atoms with Crippen LogP contribution in [-0.4, -0.2) is 53.7 Å². The molecule has 0 spiro atoms. The zero-order chi connectivity index (χ0) is 26.1. The molecule has 5 atom stereocenters. The Balaban J connectivity index is 2.43. The molecule has 2 fully saturated rings. The maximum atomic E-state index is 13.6. The summed E-state index contributed by atoms with van der Waals surface area (Å²) in [5, 5.41) is 3.09. The van der Waals surface area contributed by atoms with Gasteiger partial charge in [-0.25, -0.2) is 0 Å². The van der Waals surface area contributed by atoms with Gasteiger partial charge in [-0.15, -0.1) is 0 Å². The van der Waals surface area contributed by atoms with Gasteiger partial charge >= 0.3 is 5.97 Å². The normalized spacial score (nSPS) is 29.1. The van der Waals surface area contributed by atoms with Crippen molar-refractivity contribution in [3.05, 3.63) is 0 Å². The van der Waals surface area contributed by atoms with Crippen LogP contribution in [0.25, 0.3) is 0 Å². The van der Waals surface area contributed by atoms with Crippen molar-refractivity contribution in [2.75, 3.05) is 6.61 Å². The largest absolute Gasteiger partial charge is 0.457 e. The summed E-state index contributed by atoms with van der Waals surface area (Å²) in [7, 11) is 0. The first-order chi connectivity index (χ1) is 15.5. The third-order valence-corrected chi connectivity index (χ3v) is 7.42. The number of nitrogens with one attached hydrogen (secondary N) is 1. The van der Waals surface area contributed by atoms with Gasteiger partial charge in [-0.1, -0.05) is 27.7 Å². The molecule has 1 saturated heterocycles. The second kappa shape index (κ2) is 10.5. The number of hydrogen-bond donors (Lipinski definition) is 1. The first-order valence-corrected chi connectivity index (χ1v) is 12.8. The van der Waals surface area contributed by atoms with E-state index in [2.05, 4.69) is 26.1 Å². The molecule has 1 aliphatic carbocycles. The average molecular weight is 481 g/mol. The Morgan fingerprint density at radius 2 is 1.65 bits per heavy atom. The Morgan fingerprint density at radius 1 is 1.09 bits per heavy atom. The number of nitrogens with zero attached hydrogens (tertiary/aromatic N) is 1. The highest BCUT2D eigenvalue weighted by molar-refractivity contribution is 5.84. The van der Waals surface area contributed by atoms with Crippen LogP contribution in [0.15, 0.2) is 0 Å². The maximum Gasteiger partial charge on any atom is 0.311 e. The van der Waals surface area contributed by atoms with Crippen molar-refractivity contribution in [1.82, 2.24) is 10.2 Å². The van der Waals surface area contributed by atoms with Crippen LogP contribution < -0.4 is 5.32 Å². The average Bonchev–Trinajstić information content (AvgIpc) is 2.68. The first-order valence-electron chi connectivity index (χ1n) is 12.8. The summed E-state index contributed by atoms with van der Waals surface area (Å²) in [5.41, 5.74) is -0.899. The lowest BCUT2D eigenvalue weighted by Crippen LogP contribution is -2.63. The van der Waals surface area contributed by atoms with Crippen molar-refractivity contribution < 1.29 is 23.9 Å². The molecule has 196 valence electrons. The molecule has 2 aliphatic rings. The lowest BCUT2D eigenvalue weighted by atomic mass is 9.70. The minimum absolute atomic E-state index is 0.0119. The Hall–Kier alpha value is -1.63. The van der Waals surface area contributed by atoms with Gasteiger partial charge in [0.1, 0.15) is 12.1 Å². The zero-order valence-corrected chi connectivity index (χ0v) is 23.1. The molecule has 1 N–H and O–H groups in total. The molecule has 1 unspecified atom stereocenters. The van der Waals surface area contributed by atoms with E-state index in [1.807, 2.05) is 48.5 Å². The molecule has 0 radical (unpaired) electrons. The number of rotatable bonds is 6. The molecule has 2 rings (SSSR count). The fourth-order valence-corrected chi connectivity index (χ4v) is 4.86. The lowest BCUT2D eigenvalue weighted by molar-refractivity contribution is -0.219. The van der Waals surface area contributed by atoms with Gasteiger partial charge in [-0.05, 0) is 84.5 Å². The third-order valence-electron chi connectivity index (χ3n) is 7.42. The van der Waals surface area contributed by atoms with Crippen LogP contribution >= 0.6 is 0 Å². The highest BCUT2D eigenvalue weighted by Gasteiger charge is 2.48. The van der Waals surface area contributed by atoms with Crippen molar-refractivity contribution in [1.29, 1.82) is 0 Å². The van der Waals surface area contributed by atoms with E-state index in [9.17, 15) is 14.4 Å². The van der Waals surface area contributed by atoms with Gasteiger partial charge in [0.15, 0.2) is 6.23 Å². The highest BCUT2D eigenvalue weighted by atomic mass is 16.6. The molecule has 1 aliphatic heterocycles. The molecule has 1 heterocycles. The summed E-state index contributed by atoms with van der Waals surface area (Å²) in [6.45, 7) is 20.2. The zero-order valence-electron chi connectivity index (χ0n) is 23.1. The van der Waals surface area contributed by atoms with E-state index in [0.717, 1.165) is 32.1 Å². The Bertz CT molecular complexity index is 726. The number of esters is 1. The summed E-state index contributed by atoms with van der Waals surface area (Å²) < 4.78 is 12.2. The molecular formula is C27H48N2O5. The van der Waals surface area contributed by atoms with Gasteiger partial charge in [-0.3, -0.25) is 14.4 Å². The lowest BCUT2D eigenvalue weighted by Gasteiger charge is -2.48. The number of amides is 2. The van der Waals surface area contributed by atoms with E-state index in [1.54, 1.807) is 0 Å². The third kappa shape index (κ3) is 7.19. The summed E-state index contributed by atoms with van der Waals surface area (Å²) >= 11 is 0. The van der Waals surface area contributed by atoms with E-state index in [1.165, 1.54) is 4.90 Å². The summed E-state index contributed by atoms with van der Waals surface area (Å²) in [4.78, 5) is 40.6. The molecule has 2 amide bonds. The van der Waals surface area contributed by atoms with Crippen LogP contribution in [0, 0.1) is 28.6 Å². The van der Waals surface area contributed by atoms with Crippen LogP contribution in [0.5, 0.6) is 0 Å². The van der Waals surface area contributed by atoms with Crippen molar-refractivity contribution in [3.63, 3.8) is 0 Å². The second-order valence-electron chi connectivity index (χ2n) is 13.4. The fraction of sp³-hybridized carbons (Fsp3) is 0.889. The van der Waals surface area contributed by atoms with Gasteiger partial charge in [0.05, 0.1) is 12.0 Å². The highest BCUT2D eigenvalue weighted by Crippen LogP contribution is 2.41. The maximum absolute atomic E-state index is 13.6. The van der Waals surface area contributed by atoms with Crippen molar-refractivity contribution >= 4 is 18.3 Å². The Labute approximate surface area is 206 Å². The quantitative estimate of drug-likeness (QED) is 0.446. The van der Waals surface area contributed by atoms with E-state index in [0.29, 0.717) is 6.61 Å². The summed E-state index contributed by atoms with van der Waals surface area (Å²) in [6.07, 6.45) is 2.95. The molecule has 0 bridgehead atoms. The van der Waals surface area contributed by atoms with Gasteiger partial charge in [-0.2, -0.15) is 0 Å². The minimum atomic E-state index is -0.805. The molecule has 0 aromatic carbocycles. The Morgan fingerprint density at radius 3 is 2.12 bits per heavy atom. The van der Waals surface area contributed by atoms with E-state index in [4.69, 9.17) is 9.47 Å². The smallest absolute Gasteiger partial charge is 0.311 e. The minimum Gasteiger partial charge on any atom is -0.457 e. The molecule has 7 nitrogen and oxygen atoms in total. The standard InChI is InChI=1S/C27H48N2O5/c1-17-15-33-23(21(18(17)2)34-24(32)25(3,4)5)29(16-30)20(22(31)28-26(6,7)8)19-11-13-27(9,10)14-12-19/h16-21,23H,11-15H2,1-10H3,(H,28,31)/t17-,18-,20+,21+,23?/m1/s1. The van der Waals surface area contributed by atoms with E-state index in [-0.39, 0.29) is 35.0 Å². The van der Waals surface area contributed by atoms with Gasteiger partial charge in [0, 0.05) is 11.5 Å². The monoisotopic (exact) mass is 480 g/mol. The molecule has 1 saturated carbocycles. The van der Waals surface area contributed by atoms with E-state index < -0.39 is 29.3 Å². The van der Waals surface area contributed by atoms with E-state index >= 15 is 0 Å². The number of carbonyl (C=O) groups excluding carboxylic acids is 3. The SMILES string of the molecule is C[C@@H]1[C@H](C)COC(N(C=O)[C@H](C(=O)NC(C)(C)C)C2CCC(C)(C)CC2)[C@H]1OC(=O)C(C)(C)C. The van der Waals surface area contributed by atoms with Gasteiger partial charge in [0.25, 0.3) is 0 Å². The number of hydrogen-bond acceptors (Lipinski definition) is 5. The molecular weight excluding hydrogens is 432 g/mol. The van der Waals surface area contributed by atoms with Crippen LogP contribution in [-0.2, 0) is 23.9 Å². The van der Waals surface area contributed by atoms with Crippen LogP contribution in [0.3, 0.4) is 0 Å². The van der Waals surface area contributed by atoms with Crippen LogP contribution in [0.1, 0.15) is 94.9 Å². The van der Waals surface area contributed by atoms with Gasteiger partial charge in [0.2, 0.25) is 12.3 Å². The molecule has 7 heteroatoms. The Kier molecular flexibility index (Phi) is 8.88. The predicted molar refractivity (Wildman–Crippen MR) is 133 cm³/mol. The summed E-state index contributed by atoms with van der Waals surface area (Å²) in [5.74, 6) is -0.380. The van der Waals surface area contributed by atoms with Crippen molar-refractivity contribution in [2.24, 2.45) is 28.6 Å². The van der Waals surface area contributed by atoms with Crippen molar-refractivity contribution in [2.45, 2.75) is 119 Å². The predicted octanol–water partition coefficient (Wildman–Crippen LogP) is 4.53. The van der Waals surface area contributed by atoms with Gasteiger partial charge < -0.3 is 19.7 Å². The summed E-state index contributed by atoms with van der Waals surface area (Å²) in [6, 6.07) is -0.686. The van der Waals surface area contributed by atoms with Crippen LogP contribution in [0.2, 0.25) is 0 Å². The second-order valence-corrected chi connectivity index (χ2v) is 13.4. The first kappa shape index (κ1) is 28.6. The number of ether oxygens (including phenoxy) is 2. The topological polar surface area (TPSA) is 84.9 Å². The molecule has 0 aromatic rings.